The molecule has 5 aromatic carbocycles. The molecule has 4 bridgehead atoms. The first-order chi connectivity index (χ1) is 22.6. The van der Waals surface area contributed by atoms with Crippen molar-refractivity contribution in [2.75, 3.05) is 0 Å². The Morgan fingerprint density at radius 2 is 0.894 bits per heavy atom. The maximum Gasteiger partial charge on any atom is 0.242 e. The lowest BCUT2D eigenvalue weighted by atomic mass is 9.34. The molecule has 1 heteroatoms. The summed E-state index contributed by atoms with van der Waals surface area (Å²) in [6, 6.07) is 40.2. The Morgan fingerprint density at radius 3 is 1.34 bits per heavy atom. The van der Waals surface area contributed by atoms with Crippen LogP contribution in [-0.4, -0.2) is 6.71 Å². The van der Waals surface area contributed by atoms with Crippen molar-refractivity contribution in [1.29, 1.82) is 0 Å². The third-order valence-corrected chi connectivity index (χ3v) is 12.6. The quantitative estimate of drug-likeness (QED) is 0.168. The monoisotopic (exact) mass is 612 g/mol. The van der Waals surface area contributed by atoms with Gasteiger partial charge in [0.05, 0.1) is 0 Å². The molecule has 47 heavy (non-hydrogen) atoms. The zero-order valence-corrected chi connectivity index (χ0v) is 29.3. The zero-order valence-electron chi connectivity index (χ0n) is 29.3. The first-order valence-corrected chi connectivity index (χ1v) is 18.0. The fourth-order valence-corrected chi connectivity index (χ4v) is 11.4. The number of hydrogen-bond donors (Lipinski definition) is 0. The number of benzene rings is 5. The molecular formula is C46H49B. The molecule has 4 fully saturated rings. The van der Waals surface area contributed by atoms with Gasteiger partial charge in [-0.05, 0) is 125 Å². The summed E-state index contributed by atoms with van der Waals surface area (Å²) < 4.78 is 0. The van der Waals surface area contributed by atoms with E-state index in [9.17, 15) is 0 Å². The summed E-state index contributed by atoms with van der Waals surface area (Å²) >= 11 is 0. The maximum absolute atomic E-state index is 2.55. The van der Waals surface area contributed by atoms with Crippen LogP contribution in [0.2, 0.25) is 0 Å². The Hall–Kier alpha value is -3.84. The van der Waals surface area contributed by atoms with Crippen LogP contribution in [0.15, 0.2) is 103 Å². The average molecular weight is 613 g/mol. The van der Waals surface area contributed by atoms with Crippen LogP contribution >= 0.6 is 0 Å². The topological polar surface area (TPSA) is 0 Å². The fourth-order valence-electron chi connectivity index (χ4n) is 11.4. The molecule has 236 valence electrons. The van der Waals surface area contributed by atoms with Gasteiger partial charge in [-0.1, -0.05) is 153 Å². The molecule has 4 aliphatic carbocycles. The SMILES string of the molecule is Cc1cc(C)c(B(c2ccc(C34CC5CC(C3)CC(c3ccc(-c6ccccc6)cc3)(C5)C4)cc2)c2c(C)cc(C)cc2C)c(C)c1. The second-order valence-electron chi connectivity index (χ2n) is 16.1. The van der Waals surface area contributed by atoms with E-state index in [1.54, 1.807) is 11.1 Å². The normalized spacial score (nSPS) is 24.5. The highest BCUT2D eigenvalue weighted by atomic mass is 14.6. The standard InChI is InChI=1S/C46H49B/c1-30-20-32(3)43(33(4)21-30)47(44-34(5)22-31(2)23-35(44)6)42-18-16-41(17-19-42)46-27-36-24-37(28-46)26-45(25-36,29-46)40-14-12-39(13-15-40)38-10-8-7-9-11-38/h7-23,36-37H,24-29H2,1-6H3. The molecule has 0 amide bonds. The van der Waals surface area contributed by atoms with Crippen LogP contribution in [0.4, 0.5) is 0 Å². The van der Waals surface area contributed by atoms with E-state index >= 15 is 0 Å². The highest BCUT2D eigenvalue weighted by Gasteiger charge is 2.58. The van der Waals surface area contributed by atoms with Crippen LogP contribution in [0.25, 0.3) is 11.1 Å². The lowest BCUT2D eigenvalue weighted by molar-refractivity contribution is -0.0281. The summed E-state index contributed by atoms with van der Waals surface area (Å²) in [6.07, 6.45) is 8.20. The molecule has 0 spiro atoms. The molecule has 4 saturated carbocycles. The van der Waals surface area contributed by atoms with Crippen molar-refractivity contribution >= 4 is 23.1 Å². The van der Waals surface area contributed by atoms with Gasteiger partial charge in [0.2, 0.25) is 6.71 Å². The van der Waals surface area contributed by atoms with Gasteiger partial charge in [-0.25, -0.2) is 0 Å². The third kappa shape index (κ3) is 5.22. The van der Waals surface area contributed by atoms with Crippen molar-refractivity contribution in [3.8, 4) is 11.1 Å². The predicted molar refractivity (Wildman–Crippen MR) is 202 cm³/mol. The molecule has 5 aromatic rings. The van der Waals surface area contributed by atoms with Crippen molar-refractivity contribution in [2.45, 2.75) is 90.9 Å². The van der Waals surface area contributed by atoms with E-state index in [4.69, 9.17) is 0 Å². The summed E-state index contributed by atoms with van der Waals surface area (Å²) in [5.74, 6) is 1.68. The molecule has 4 aliphatic rings. The van der Waals surface area contributed by atoms with Gasteiger partial charge in [-0.2, -0.15) is 0 Å². The Kier molecular flexibility index (Phi) is 7.40. The highest BCUT2D eigenvalue weighted by Crippen LogP contribution is 2.66. The largest absolute Gasteiger partial charge is 0.242 e. The van der Waals surface area contributed by atoms with E-state index in [1.165, 1.54) is 99.4 Å². The van der Waals surface area contributed by atoms with Gasteiger partial charge in [-0.15, -0.1) is 0 Å². The Labute approximate surface area is 283 Å². The average Bonchev–Trinajstić information content (AvgIpc) is 3.03. The van der Waals surface area contributed by atoms with Gasteiger partial charge >= 0.3 is 0 Å². The maximum atomic E-state index is 2.55. The van der Waals surface area contributed by atoms with Gasteiger partial charge in [-0.3, -0.25) is 0 Å². The van der Waals surface area contributed by atoms with Crippen molar-refractivity contribution in [1.82, 2.24) is 0 Å². The molecule has 0 radical (unpaired) electrons. The fraction of sp³-hybridized carbons (Fsp3) is 0.348. The molecule has 2 atom stereocenters. The zero-order chi connectivity index (χ0) is 32.5. The molecule has 0 heterocycles. The van der Waals surface area contributed by atoms with Gasteiger partial charge in [0, 0.05) is 0 Å². The summed E-state index contributed by atoms with van der Waals surface area (Å²) in [5, 5.41) is 0. The predicted octanol–water partition coefficient (Wildman–Crippen LogP) is 9.51. The summed E-state index contributed by atoms with van der Waals surface area (Å²) in [7, 11) is 0. The summed E-state index contributed by atoms with van der Waals surface area (Å²) in [4.78, 5) is 0. The van der Waals surface area contributed by atoms with Crippen LogP contribution in [-0.2, 0) is 10.8 Å². The molecule has 0 aromatic heterocycles. The first kappa shape index (κ1) is 30.5. The van der Waals surface area contributed by atoms with Gasteiger partial charge < -0.3 is 0 Å². The van der Waals surface area contributed by atoms with E-state index in [2.05, 4.69) is 145 Å². The van der Waals surface area contributed by atoms with E-state index in [1.807, 2.05) is 0 Å². The second kappa shape index (κ2) is 11.4. The van der Waals surface area contributed by atoms with Gasteiger partial charge in [0.25, 0.3) is 0 Å². The Balaban J connectivity index is 1.17. The van der Waals surface area contributed by atoms with Crippen molar-refractivity contribution < 1.29 is 0 Å². The molecule has 0 aliphatic heterocycles. The number of rotatable bonds is 6. The third-order valence-electron chi connectivity index (χ3n) is 12.6. The van der Waals surface area contributed by atoms with E-state index in [0.29, 0.717) is 10.8 Å². The van der Waals surface area contributed by atoms with E-state index in [-0.39, 0.29) is 6.71 Å². The second-order valence-corrected chi connectivity index (χ2v) is 16.1. The van der Waals surface area contributed by atoms with E-state index in [0.717, 1.165) is 11.8 Å². The van der Waals surface area contributed by atoms with Crippen LogP contribution in [0, 0.1) is 53.4 Å². The lowest BCUT2D eigenvalue weighted by Gasteiger charge is -2.63. The molecule has 0 nitrogen and oxygen atoms in total. The van der Waals surface area contributed by atoms with Gasteiger partial charge in [0.15, 0.2) is 0 Å². The minimum absolute atomic E-state index is 0.232. The molecule has 2 unspecified atom stereocenters. The molecule has 0 saturated heterocycles. The minimum atomic E-state index is 0.232. The van der Waals surface area contributed by atoms with Gasteiger partial charge in [0.1, 0.15) is 0 Å². The Bertz CT molecular complexity index is 1830. The smallest absolute Gasteiger partial charge is 0.0686 e. The Morgan fingerprint density at radius 1 is 0.489 bits per heavy atom. The van der Waals surface area contributed by atoms with Crippen molar-refractivity contribution in [3.05, 3.63) is 148 Å². The van der Waals surface area contributed by atoms with Crippen LogP contribution in [0.1, 0.15) is 83.0 Å². The summed E-state index contributed by atoms with van der Waals surface area (Å²) in [6.45, 7) is 14.0. The number of aryl methyl sites for hydroxylation is 6. The minimum Gasteiger partial charge on any atom is -0.0686 e. The lowest BCUT2D eigenvalue weighted by Crippen LogP contribution is -2.57. The highest BCUT2D eigenvalue weighted by molar-refractivity contribution is 6.96. The first-order valence-electron chi connectivity index (χ1n) is 18.0. The van der Waals surface area contributed by atoms with Crippen LogP contribution in [0.5, 0.6) is 0 Å². The van der Waals surface area contributed by atoms with Crippen LogP contribution in [0.3, 0.4) is 0 Å². The number of hydrogen-bond acceptors (Lipinski definition) is 0. The van der Waals surface area contributed by atoms with Crippen molar-refractivity contribution in [3.63, 3.8) is 0 Å². The molecule has 9 rings (SSSR count). The van der Waals surface area contributed by atoms with Crippen LogP contribution < -0.4 is 16.4 Å². The van der Waals surface area contributed by atoms with E-state index < -0.39 is 0 Å². The van der Waals surface area contributed by atoms with Crippen molar-refractivity contribution in [2.24, 2.45) is 11.8 Å². The summed E-state index contributed by atoms with van der Waals surface area (Å²) in [5.41, 5.74) is 19.1. The molecule has 0 N–H and O–H groups in total. The molecular weight excluding hydrogens is 563 g/mol.